The van der Waals surface area contributed by atoms with Gasteiger partial charge in [0, 0.05) is 22.9 Å². The number of amides is 2. The Morgan fingerprint density at radius 1 is 0.829 bits per heavy atom. The number of hydrogen-bond acceptors (Lipinski definition) is 7. The van der Waals surface area contributed by atoms with Crippen LogP contribution in [0.15, 0.2) is 101 Å². The topological polar surface area (TPSA) is 93.2 Å². The molecule has 2 fully saturated rings. The highest BCUT2D eigenvalue weighted by atomic mass is 79.9. The molecule has 3 aliphatic heterocycles. The molecule has 3 aromatic rings. The Balaban J connectivity index is 1.42. The van der Waals surface area contributed by atoms with Gasteiger partial charge in [0.1, 0.15) is 17.5 Å². The van der Waals surface area contributed by atoms with Crippen LogP contribution in [0.1, 0.15) is 20.7 Å². The molecule has 0 spiro atoms. The fourth-order valence-corrected chi connectivity index (χ4v) is 6.47. The van der Waals surface area contributed by atoms with Crippen LogP contribution in [0.5, 0.6) is 11.5 Å². The first-order chi connectivity index (χ1) is 19.8. The molecule has 3 aliphatic rings. The van der Waals surface area contributed by atoms with Gasteiger partial charge >= 0.3 is 0 Å². The molecule has 4 atom stereocenters. The molecule has 0 N–H and O–H groups in total. The molecule has 206 valence electrons. The summed E-state index contributed by atoms with van der Waals surface area (Å²) in [5.41, 5.74) is 1.68. The first kappa shape index (κ1) is 26.7. The molecule has 0 saturated carbocycles. The quantitative estimate of drug-likeness (QED) is 0.278. The van der Waals surface area contributed by atoms with Crippen LogP contribution in [-0.2, 0) is 9.59 Å². The van der Waals surface area contributed by atoms with Crippen molar-refractivity contribution in [3.63, 3.8) is 0 Å². The van der Waals surface area contributed by atoms with Gasteiger partial charge in [0.25, 0.3) is 0 Å². The summed E-state index contributed by atoms with van der Waals surface area (Å²) < 4.78 is 11.1. The van der Waals surface area contributed by atoms with Gasteiger partial charge < -0.3 is 14.4 Å². The number of carbonyl (C=O) groups excluding carboxylic acids is 4. The molecule has 41 heavy (non-hydrogen) atoms. The van der Waals surface area contributed by atoms with Crippen LogP contribution in [0.25, 0.3) is 0 Å². The maximum absolute atomic E-state index is 14.1. The summed E-state index contributed by atoms with van der Waals surface area (Å²) in [6, 6.07) is 18.8. The largest absolute Gasteiger partial charge is 0.497 e. The van der Waals surface area contributed by atoms with E-state index < -0.39 is 35.7 Å². The smallest absolute Gasteiger partial charge is 0.240 e. The minimum Gasteiger partial charge on any atom is -0.497 e. The number of carbonyl (C=O) groups is 4. The van der Waals surface area contributed by atoms with Gasteiger partial charge in [-0.3, -0.25) is 19.2 Å². The molecular weight excluding hydrogens is 588 g/mol. The normalized spacial score (nSPS) is 22.8. The van der Waals surface area contributed by atoms with Crippen LogP contribution in [0.2, 0.25) is 0 Å². The highest BCUT2D eigenvalue weighted by molar-refractivity contribution is 9.10. The summed E-state index contributed by atoms with van der Waals surface area (Å²) in [6.45, 7) is 0. The summed E-state index contributed by atoms with van der Waals surface area (Å²) in [4.78, 5) is 58.3. The molecule has 0 aliphatic carbocycles. The minimum absolute atomic E-state index is 0.198. The van der Waals surface area contributed by atoms with Crippen molar-refractivity contribution in [1.82, 2.24) is 4.90 Å². The number of halogens is 1. The lowest BCUT2D eigenvalue weighted by Crippen LogP contribution is -2.46. The lowest BCUT2D eigenvalue weighted by atomic mass is 9.85. The fraction of sp³-hybridized carbons (Fsp3) is 0.188. The molecule has 8 nitrogen and oxygen atoms in total. The van der Waals surface area contributed by atoms with Crippen molar-refractivity contribution >= 4 is 45.0 Å². The lowest BCUT2D eigenvalue weighted by Gasteiger charge is -2.33. The zero-order valence-corrected chi connectivity index (χ0v) is 23.8. The van der Waals surface area contributed by atoms with E-state index in [4.69, 9.17) is 9.47 Å². The Hall–Kier alpha value is -4.50. The van der Waals surface area contributed by atoms with E-state index in [2.05, 4.69) is 15.9 Å². The number of Topliss-reactive ketones (excluding diaryl/α,β-unsaturated/α-hetero) is 2. The van der Waals surface area contributed by atoms with Crippen molar-refractivity contribution in [3.05, 3.63) is 112 Å². The summed E-state index contributed by atoms with van der Waals surface area (Å²) in [7, 11) is 3.06. The van der Waals surface area contributed by atoms with Crippen molar-refractivity contribution in [3.8, 4) is 11.5 Å². The van der Waals surface area contributed by atoms with Crippen molar-refractivity contribution < 1.29 is 28.7 Å². The highest BCUT2D eigenvalue weighted by Gasteiger charge is 2.63. The van der Waals surface area contributed by atoms with E-state index in [-0.39, 0.29) is 11.6 Å². The first-order valence-electron chi connectivity index (χ1n) is 13.0. The van der Waals surface area contributed by atoms with Gasteiger partial charge in [-0.25, -0.2) is 4.90 Å². The summed E-state index contributed by atoms with van der Waals surface area (Å²) >= 11 is 3.44. The third-order valence-corrected chi connectivity index (χ3v) is 8.50. The number of hydrogen-bond donors (Lipinski definition) is 0. The third kappa shape index (κ3) is 4.37. The van der Waals surface area contributed by atoms with Gasteiger partial charge in [-0.2, -0.15) is 0 Å². The second-order valence-electron chi connectivity index (χ2n) is 9.99. The van der Waals surface area contributed by atoms with E-state index in [9.17, 15) is 19.2 Å². The number of fused-ring (bicyclic) bond motifs is 3. The molecule has 0 radical (unpaired) electrons. The molecule has 0 bridgehead atoms. The van der Waals surface area contributed by atoms with Crippen molar-refractivity contribution in [2.75, 3.05) is 19.1 Å². The predicted octanol–water partition coefficient (Wildman–Crippen LogP) is 4.84. The molecule has 9 heteroatoms. The molecule has 2 saturated heterocycles. The van der Waals surface area contributed by atoms with E-state index in [0.717, 1.165) is 4.90 Å². The Morgan fingerprint density at radius 2 is 1.54 bits per heavy atom. The number of anilines is 1. The molecular formula is C32H25BrN2O6. The number of rotatable bonds is 7. The second kappa shape index (κ2) is 10.5. The first-order valence-corrected chi connectivity index (χ1v) is 13.8. The van der Waals surface area contributed by atoms with Gasteiger partial charge in [-0.05, 0) is 64.5 Å². The summed E-state index contributed by atoms with van der Waals surface area (Å²) in [5.74, 6) is -2.03. The zero-order chi connectivity index (χ0) is 28.8. The summed E-state index contributed by atoms with van der Waals surface area (Å²) in [6.07, 6.45) is 5.03. The molecule has 0 unspecified atom stereocenters. The minimum atomic E-state index is -0.953. The number of ketones is 2. The molecule has 2 amide bonds. The van der Waals surface area contributed by atoms with Crippen LogP contribution in [0.4, 0.5) is 5.69 Å². The maximum atomic E-state index is 14.1. The van der Waals surface area contributed by atoms with Crippen LogP contribution in [0.3, 0.4) is 0 Å². The Labute approximate surface area is 245 Å². The Kier molecular flexibility index (Phi) is 6.83. The molecule has 6 rings (SSSR count). The van der Waals surface area contributed by atoms with Gasteiger partial charge in [-0.15, -0.1) is 0 Å². The van der Waals surface area contributed by atoms with E-state index in [0.29, 0.717) is 38.4 Å². The number of nitrogens with zero attached hydrogens (tertiary/aromatic N) is 2. The molecule has 3 aromatic carbocycles. The van der Waals surface area contributed by atoms with E-state index in [1.807, 2.05) is 6.07 Å². The van der Waals surface area contributed by atoms with Crippen LogP contribution in [-0.4, -0.2) is 54.6 Å². The van der Waals surface area contributed by atoms with Crippen molar-refractivity contribution in [1.29, 1.82) is 0 Å². The van der Waals surface area contributed by atoms with E-state index in [1.165, 1.54) is 14.2 Å². The number of benzene rings is 3. The SMILES string of the molecule is COc1ccc(N2C(=O)[C@@H]3[C@@H](C2=O)[C@@H]2C=C(C(=O)c4ccccc4)C=CN2[C@@H]3C(=O)c2ccc(OC)c(Br)c2)cc1. The van der Waals surface area contributed by atoms with Gasteiger partial charge in [-0.1, -0.05) is 36.4 Å². The molecule has 3 heterocycles. The van der Waals surface area contributed by atoms with Gasteiger partial charge in [0.15, 0.2) is 11.6 Å². The van der Waals surface area contributed by atoms with Crippen molar-refractivity contribution in [2.24, 2.45) is 11.8 Å². The second-order valence-corrected chi connectivity index (χ2v) is 10.8. The van der Waals surface area contributed by atoms with Crippen LogP contribution >= 0.6 is 15.9 Å². The number of ether oxygens (including phenoxy) is 2. The lowest BCUT2D eigenvalue weighted by molar-refractivity contribution is -0.123. The van der Waals surface area contributed by atoms with Crippen LogP contribution < -0.4 is 14.4 Å². The monoisotopic (exact) mass is 612 g/mol. The maximum Gasteiger partial charge on any atom is 0.240 e. The van der Waals surface area contributed by atoms with Crippen LogP contribution in [0, 0.1) is 11.8 Å². The number of methoxy groups -OCH3 is 2. The fourth-order valence-electron chi connectivity index (χ4n) is 5.93. The van der Waals surface area contributed by atoms with Gasteiger partial charge in [0.05, 0.1) is 42.3 Å². The van der Waals surface area contributed by atoms with E-state index in [1.54, 1.807) is 90.0 Å². The Bertz CT molecular complexity index is 1630. The Morgan fingerprint density at radius 3 is 2.20 bits per heavy atom. The standard InChI is InChI=1S/C32H25BrN2O6/c1-40-22-11-9-21(10-12-22)35-31(38)26-24-17-20(29(36)18-6-4-3-5-7-18)14-15-34(24)28(27(26)32(35)39)30(37)19-8-13-25(41-2)23(33)16-19/h3-17,24,26-28H,1-2H3/t24-,26-,27+,28-/m0/s1. The van der Waals surface area contributed by atoms with Gasteiger partial charge in [0.2, 0.25) is 11.8 Å². The zero-order valence-electron chi connectivity index (χ0n) is 22.2. The van der Waals surface area contributed by atoms with Crippen molar-refractivity contribution in [2.45, 2.75) is 12.1 Å². The number of allylic oxidation sites excluding steroid dienone is 2. The average molecular weight is 613 g/mol. The molecule has 0 aromatic heterocycles. The summed E-state index contributed by atoms with van der Waals surface area (Å²) in [5, 5.41) is 0. The van der Waals surface area contributed by atoms with E-state index >= 15 is 0 Å². The third-order valence-electron chi connectivity index (χ3n) is 7.88. The predicted molar refractivity (Wildman–Crippen MR) is 155 cm³/mol. The average Bonchev–Trinajstić information content (AvgIpc) is 3.48. The highest BCUT2D eigenvalue weighted by Crippen LogP contribution is 2.47. The number of imide groups is 1.